The summed E-state index contributed by atoms with van der Waals surface area (Å²) in [5.74, 6) is 0. The molecule has 0 spiro atoms. The van der Waals surface area contributed by atoms with E-state index >= 15 is 0 Å². The van der Waals surface area contributed by atoms with Crippen LogP contribution in [0.3, 0.4) is 0 Å². The molecule has 0 fully saturated rings. The average molecular weight is 485 g/mol. The second-order valence-electron chi connectivity index (χ2n) is 10.2. The second kappa shape index (κ2) is 8.06. The molecule has 178 valence electrons. The van der Waals surface area contributed by atoms with Crippen molar-refractivity contribution in [1.29, 1.82) is 0 Å². The Morgan fingerprint density at radius 2 is 1.00 bits per heavy atom. The van der Waals surface area contributed by atoms with Gasteiger partial charge in [-0.2, -0.15) is 0 Å². The third kappa shape index (κ3) is 2.99. The Kier molecular flexibility index (Phi) is 4.50. The molecule has 0 atom stereocenters. The molecule has 8 aromatic rings. The standard InChI is InChI=1S/C37H24O/c1-23-20-21-30-33(22-23)36(32-18-9-17-31-26-13-6-7-19-34(26)38-37(31)32)29-15-5-4-14-28(29)35(30)27-16-8-11-24-10-2-3-12-25(24)27/h2-22H,1H3. The zero-order valence-corrected chi connectivity index (χ0v) is 21.0. The van der Waals surface area contributed by atoms with Crippen molar-refractivity contribution in [2.75, 3.05) is 0 Å². The minimum Gasteiger partial charge on any atom is -0.455 e. The van der Waals surface area contributed by atoms with E-state index in [1.165, 1.54) is 54.6 Å². The number of aryl methyl sites for hydroxylation is 1. The highest BCUT2D eigenvalue weighted by Gasteiger charge is 2.21. The Morgan fingerprint density at radius 3 is 1.84 bits per heavy atom. The third-order valence-corrected chi connectivity index (χ3v) is 7.91. The van der Waals surface area contributed by atoms with Gasteiger partial charge in [0.1, 0.15) is 11.2 Å². The lowest BCUT2D eigenvalue weighted by molar-refractivity contribution is 0.670. The number of para-hydroxylation sites is 2. The van der Waals surface area contributed by atoms with Crippen molar-refractivity contribution in [2.45, 2.75) is 6.92 Å². The summed E-state index contributed by atoms with van der Waals surface area (Å²) in [5, 5.41) is 9.83. The van der Waals surface area contributed by atoms with Crippen LogP contribution in [-0.2, 0) is 0 Å². The molecule has 0 bridgehead atoms. The first-order valence-corrected chi connectivity index (χ1v) is 13.1. The summed E-state index contributed by atoms with van der Waals surface area (Å²) in [6.45, 7) is 2.18. The van der Waals surface area contributed by atoms with Crippen molar-refractivity contribution in [2.24, 2.45) is 0 Å². The number of rotatable bonds is 2. The highest BCUT2D eigenvalue weighted by molar-refractivity contribution is 6.25. The molecule has 0 aliphatic carbocycles. The number of hydrogen-bond acceptors (Lipinski definition) is 1. The summed E-state index contributed by atoms with van der Waals surface area (Å²) in [7, 11) is 0. The second-order valence-corrected chi connectivity index (χ2v) is 10.2. The lowest BCUT2D eigenvalue weighted by atomic mass is 9.84. The molecule has 0 aliphatic heterocycles. The number of benzene rings is 7. The Labute approximate surface area is 220 Å². The van der Waals surface area contributed by atoms with Crippen molar-refractivity contribution < 1.29 is 4.42 Å². The van der Waals surface area contributed by atoms with E-state index in [4.69, 9.17) is 4.42 Å². The number of furan rings is 1. The molecule has 0 radical (unpaired) electrons. The Bertz CT molecular complexity index is 2190. The summed E-state index contributed by atoms with van der Waals surface area (Å²) in [6, 6.07) is 45.9. The molecule has 0 saturated carbocycles. The minimum atomic E-state index is 0.923. The van der Waals surface area contributed by atoms with Crippen molar-refractivity contribution in [3.63, 3.8) is 0 Å². The molecule has 1 nitrogen and oxygen atoms in total. The summed E-state index contributed by atoms with van der Waals surface area (Å²) >= 11 is 0. The summed E-state index contributed by atoms with van der Waals surface area (Å²) in [5.41, 5.74) is 8.03. The average Bonchev–Trinajstić information content (AvgIpc) is 3.35. The van der Waals surface area contributed by atoms with E-state index in [0.717, 1.165) is 27.5 Å². The van der Waals surface area contributed by atoms with Gasteiger partial charge < -0.3 is 4.42 Å². The molecule has 1 heterocycles. The molecular formula is C37H24O. The first kappa shape index (κ1) is 21.2. The van der Waals surface area contributed by atoms with Gasteiger partial charge >= 0.3 is 0 Å². The summed E-state index contributed by atoms with van der Waals surface area (Å²) in [4.78, 5) is 0. The van der Waals surface area contributed by atoms with Crippen LogP contribution in [-0.4, -0.2) is 0 Å². The fourth-order valence-corrected chi connectivity index (χ4v) is 6.26. The van der Waals surface area contributed by atoms with Crippen molar-refractivity contribution >= 4 is 54.3 Å². The lowest BCUT2D eigenvalue weighted by Crippen LogP contribution is -1.92. The zero-order valence-electron chi connectivity index (χ0n) is 21.0. The molecule has 1 heteroatoms. The molecule has 0 unspecified atom stereocenters. The maximum absolute atomic E-state index is 6.54. The van der Waals surface area contributed by atoms with Gasteiger partial charge in [0.05, 0.1) is 0 Å². The van der Waals surface area contributed by atoms with E-state index in [0.29, 0.717) is 0 Å². The minimum absolute atomic E-state index is 0.923. The van der Waals surface area contributed by atoms with E-state index < -0.39 is 0 Å². The Balaban J connectivity index is 1.58. The largest absolute Gasteiger partial charge is 0.455 e. The van der Waals surface area contributed by atoms with Crippen LogP contribution in [0, 0.1) is 6.92 Å². The van der Waals surface area contributed by atoms with Gasteiger partial charge in [0, 0.05) is 21.9 Å². The quantitative estimate of drug-likeness (QED) is 0.222. The Morgan fingerprint density at radius 1 is 0.421 bits per heavy atom. The lowest BCUT2D eigenvalue weighted by Gasteiger charge is -2.19. The fraction of sp³-hybridized carbons (Fsp3) is 0.0270. The maximum atomic E-state index is 6.54. The van der Waals surface area contributed by atoms with Crippen LogP contribution in [0.2, 0.25) is 0 Å². The molecule has 7 aromatic carbocycles. The molecule has 38 heavy (non-hydrogen) atoms. The first-order chi connectivity index (χ1) is 18.8. The zero-order chi connectivity index (χ0) is 25.2. The van der Waals surface area contributed by atoms with Gasteiger partial charge in [-0.1, -0.05) is 127 Å². The van der Waals surface area contributed by atoms with E-state index in [2.05, 4.69) is 128 Å². The normalized spacial score (nSPS) is 11.8. The predicted octanol–water partition coefficient (Wildman–Crippen LogP) is 10.7. The van der Waals surface area contributed by atoms with Crippen LogP contribution < -0.4 is 0 Å². The highest BCUT2D eigenvalue weighted by atomic mass is 16.3. The highest BCUT2D eigenvalue weighted by Crippen LogP contribution is 2.47. The number of fused-ring (bicyclic) bond motifs is 6. The predicted molar refractivity (Wildman–Crippen MR) is 162 cm³/mol. The van der Waals surface area contributed by atoms with Crippen molar-refractivity contribution in [1.82, 2.24) is 0 Å². The van der Waals surface area contributed by atoms with E-state index in [1.807, 2.05) is 6.07 Å². The molecule has 0 aliphatic rings. The Hall–Kier alpha value is -4.88. The van der Waals surface area contributed by atoms with Crippen molar-refractivity contribution in [3.05, 3.63) is 133 Å². The van der Waals surface area contributed by atoms with Gasteiger partial charge in [0.2, 0.25) is 0 Å². The fourth-order valence-electron chi connectivity index (χ4n) is 6.26. The molecule has 8 rings (SSSR count). The smallest absolute Gasteiger partial charge is 0.143 e. The van der Waals surface area contributed by atoms with Gasteiger partial charge in [0.15, 0.2) is 0 Å². The van der Waals surface area contributed by atoms with E-state index in [9.17, 15) is 0 Å². The first-order valence-electron chi connectivity index (χ1n) is 13.1. The molecule has 0 N–H and O–H groups in total. The van der Waals surface area contributed by atoms with Crippen LogP contribution in [0.25, 0.3) is 76.5 Å². The van der Waals surface area contributed by atoms with Crippen LogP contribution in [0.5, 0.6) is 0 Å². The topological polar surface area (TPSA) is 13.1 Å². The van der Waals surface area contributed by atoms with Gasteiger partial charge in [-0.25, -0.2) is 0 Å². The van der Waals surface area contributed by atoms with E-state index in [1.54, 1.807) is 0 Å². The molecule has 0 saturated heterocycles. The van der Waals surface area contributed by atoms with Gasteiger partial charge in [-0.15, -0.1) is 0 Å². The maximum Gasteiger partial charge on any atom is 0.143 e. The monoisotopic (exact) mass is 484 g/mol. The van der Waals surface area contributed by atoms with Crippen LogP contribution >= 0.6 is 0 Å². The summed E-state index contributed by atoms with van der Waals surface area (Å²) < 4.78 is 6.54. The van der Waals surface area contributed by atoms with Gasteiger partial charge in [0.25, 0.3) is 0 Å². The SMILES string of the molecule is Cc1ccc2c(-c3cccc4ccccc34)c3ccccc3c(-c3cccc4c3oc3ccccc34)c2c1. The van der Waals surface area contributed by atoms with E-state index in [-0.39, 0.29) is 0 Å². The molecule has 0 amide bonds. The molecule has 1 aromatic heterocycles. The summed E-state index contributed by atoms with van der Waals surface area (Å²) in [6.07, 6.45) is 0. The molecular weight excluding hydrogens is 460 g/mol. The third-order valence-electron chi connectivity index (χ3n) is 7.91. The van der Waals surface area contributed by atoms with Gasteiger partial charge in [-0.3, -0.25) is 0 Å². The van der Waals surface area contributed by atoms with Crippen molar-refractivity contribution in [3.8, 4) is 22.3 Å². The van der Waals surface area contributed by atoms with Crippen LogP contribution in [0.15, 0.2) is 132 Å². The van der Waals surface area contributed by atoms with Gasteiger partial charge in [-0.05, 0) is 56.4 Å². The van der Waals surface area contributed by atoms with Crippen LogP contribution in [0.1, 0.15) is 5.56 Å². The van der Waals surface area contributed by atoms with Crippen LogP contribution in [0.4, 0.5) is 0 Å². The number of hydrogen-bond donors (Lipinski definition) is 0.